The van der Waals surface area contributed by atoms with E-state index in [0.717, 1.165) is 0 Å². The van der Waals surface area contributed by atoms with E-state index in [-0.39, 0.29) is 25.0 Å². The molecule has 16 heavy (non-hydrogen) atoms. The topological polar surface area (TPSA) is 67.3 Å². The highest BCUT2D eigenvalue weighted by Gasteiger charge is 2.35. The average molecular weight is 257 g/mol. The number of aromatic nitrogens is 2. The summed E-state index contributed by atoms with van der Waals surface area (Å²) >= 11 is 0.440. The Morgan fingerprint density at radius 2 is 2.06 bits per heavy atom. The first-order chi connectivity index (χ1) is 7.54. The Labute approximate surface area is 93.3 Å². The van der Waals surface area contributed by atoms with Crippen molar-refractivity contribution in [3.8, 4) is 0 Å². The minimum Gasteiger partial charge on any atom is -0.394 e. The Morgan fingerprint density at radius 1 is 1.31 bits per heavy atom. The van der Waals surface area contributed by atoms with Crippen molar-refractivity contribution in [3.05, 3.63) is 5.01 Å². The highest BCUT2D eigenvalue weighted by molar-refractivity contribution is 7.15. The molecule has 1 heterocycles. The number of hydrogen-bond acceptors (Lipinski definition) is 6. The molecule has 0 aromatic carbocycles. The highest BCUT2D eigenvalue weighted by atomic mass is 32.1. The van der Waals surface area contributed by atoms with Crippen molar-refractivity contribution in [2.24, 2.45) is 0 Å². The van der Waals surface area contributed by atoms with Crippen LogP contribution in [0.1, 0.15) is 5.01 Å². The number of aliphatic hydroxyl groups excluding tert-OH is 1. The maximum Gasteiger partial charge on any atom is 0.445 e. The molecule has 1 aromatic heterocycles. The van der Waals surface area contributed by atoms with E-state index < -0.39 is 11.2 Å². The van der Waals surface area contributed by atoms with Crippen LogP contribution in [-0.2, 0) is 10.9 Å². The third-order valence-corrected chi connectivity index (χ3v) is 2.35. The van der Waals surface area contributed by atoms with E-state index in [0.29, 0.717) is 17.9 Å². The summed E-state index contributed by atoms with van der Waals surface area (Å²) in [5.41, 5.74) is 0. The van der Waals surface area contributed by atoms with Crippen molar-refractivity contribution in [3.63, 3.8) is 0 Å². The van der Waals surface area contributed by atoms with Crippen LogP contribution in [0.25, 0.3) is 0 Å². The molecule has 2 N–H and O–H groups in total. The van der Waals surface area contributed by atoms with Crippen molar-refractivity contribution < 1.29 is 23.0 Å². The van der Waals surface area contributed by atoms with Crippen LogP contribution in [0.3, 0.4) is 0 Å². The third kappa shape index (κ3) is 4.29. The van der Waals surface area contributed by atoms with E-state index in [1.165, 1.54) is 0 Å². The van der Waals surface area contributed by atoms with Crippen molar-refractivity contribution in [2.45, 2.75) is 6.18 Å². The van der Waals surface area contributed by atoms with Crippen LogP contribution < -0.4 is 5.32 Å². The lowest BCUT2D eigenvalue weighted by atomic mass is 10.7. The minimum absolute atomic E-state index is 0.0863. The lowest BCUT2D eigenvalue weighted by Gasteiger charge is -2.02. The molecule has 0 bridgehead atoms. The van der Waals surface area contributed by atoms with Crippen LogP contribution in [0.2, 0.25) is 0 Å². The molecule has 0 spiro atoms. The first-order valence-corrected chi connectivity index (χ1v) is 5.19. The summed E-state index contributed by atoms with van der Waals surface area (Å²) in [6.07, 6.45) is -4.45. The van der Waals surface area contributed by atoms with Crippen LogP contribution in [0.4, 0.5) is 18.3 Å². The van der Waals surface area contributed by atoms with E-state index in [1.807, 2.05) is 0 Å². The second-order valence-electron chi connectivity index (χ2n) is 2.67. The molecule has 0 unspecified atom stereocenters. The van der Waals surface area contributed by atoms with E-state index in [2.05, 4.69) is 15.5 Å². The molecule has 0 saturated carbocycles. The van der Waals surface area contributed by atoms with Crippen LogP contribution in [0, 0.1) is 0 Å². The monoisotopic (exact) mass is 257 g/mol. The predicted octanol–water partition coefficient (Wildman–Crippen LogP) is 0.978. The average Bonchev–Trinajstić information content (AvgIpc) is 2.65. The number of nitrogens with one attached hydrogen (secondary N) is 1. The lowest BCUT2D eigenvalue weighted by Crippen LogP contribution is -2.11. The van der Waals surface area contributed by atoms with Gasteiger partial charge in [0.1, 0.15) is 0 Å². The molecule has 1 aromatic rings. The summed E-state index contributed by atoms with van der Waals surface area (Å²) in [4.78, 5) is 0. The zero-order valence-corrected chi connectivity index (χ0v) is 8.94. The SMILES string of the molecule is OCCOCCNc1nnc(C(F)(F)F)s1. The predicted molar refractivity (Wildman–Crippen MR) is 51.3 cm³/mol. The molecule has 0 amide bonds. The van der Waals surface area contributed by atoms with E-state index in [4.69, 9.17) is 9.84 Å². The molecule has 0 radical (unpaired) electrons. The smallest absolute Gasteiger partial charge is 0.394 e. The van der Waals surface area contributed by atoms with Gasteiger partial charge in [-0.2, -0.15) is 13.2 Å². The van der Waals surface area contributed by atoms with Gasteiger partial charge in [0, 0.05) is 6.54 Å². The largest absolute Gasteiger partial charge is 0.445 e. The molecular weight excluding hydrogens is 247 g/mol. The molecule has 0 aliphatic carbocycles. The number of alkyl halides is 3. The number of halogens is 3. The number of nitrogens with zero attached hydrogens (tertiary/aromatic N) is 2. The molecule has 92 valence electrons. The molecule has 0 atom stereocenters. The number of aliphatic hydroxyl groups is 1. The second-order valence-corrected chi connectivity index (χ2v) is 3.65. The maximum absolute atomic E-state index is 12.1. The fraction of sp³-hybridized carbons (Fsp3) is 0.714. The second kappa shape index (κ2) is 5.97. The van der Waals surface area contributed by atoms with Crippen LogP contribution in [0.15, 0.2) is 0 Å². The Bertz CT molecular complexity index is 318. The first kappa shape index (κ1) is 13.1. The summed E-state index contributed by atoms with van der Waals surface area (Å²) in [6.45, 7) is 0.705. The van der Waals surface area contributed by atoms with E-state index in [9.17, 15) is 13.2 Å². The Morgan fingerprint density at radius 3 is 2.62 bits per heavy atom. The number of hydrogen-bond donors (Lipinski definition) is 2. The van der Waals surface area contributed by atoms with Gasteiger partial charge in [0.25, 0.3) is 0 Å². The number of ether oxygens (including phenoxy) is 1. The molecular formula is C7H10F3N3O2S. The summed E-state index contributed by atoms with van der Waals surface area (Å²) in [5, 5.41) is 16.5. The van der Waals surface area contributed by atoms with Gasteiger partial charge in [0.15, 0.2) is 0 Å². The number of rotatable bonds is 6. The van der Waals surface area contributed by atoms with Gasteiger partial charge in [0.2, 0.25) is 10.1 Å². The Hall–Kier alpha value is -0.930. The van der Waals surface area contributed by atoms with E-state index >= 15 is 0 Å². The zero-order chi connectivity index (χ0) is 12.0. The van der Waals surface area contributed by atoms with Crippen LogP contribution in [-0.4, -0.2) is 41.7 Å². The summed E-state index contributed by atoms with van der Waals surface area (Å²) < 4.78 is 41.3. The third-order valence-electron chi connectivity index (χ3n) is 1.43. The molecule has 0 aliphatic rings. The van der Waals surface area contributed by atoms with Gasteiger partial charge in [-0.25, -0.2) is 0 Å². The summed E-state index contributed by atoms with van der Waals surface area (Å²) in [6, 6.07) is 0. The molecule has 0 fully saturated rings. The van der Waals surface area contributed by atoms with Gasteiger partial charge in [-0.1, -0.05) is 11.3 Å². The standard InChI is InChI=1S/C7H10F3N3O2S/c8-7(9,10)5-12-13-6(16-5)11-1-3-15-4-2-14/h14H,1-4H2,(H,11,13). The van der Waals surface area contributed by atoms with Crippen molar-refractivity contribution >= 4 is 16.5 Å². The molecule has 0 saturated heterocycles. The van der Waals surface area contributed by atoms with Crippen molar-refractivity contribution in [2.75, 3.05) is 31.7 Å². The van der Waals surface area contributed by atoms with Gasteiger partial charge in [-0.05, 0) is 0 Å². The van der Waals surface area contributed by atoms with Gasteiger partial charge in [-0.3, -0.25) is 0 Å². The molecule has 9 heteroatoms. The van der Waals surface area contributed by atoms with Gasteiger partial charge in [-0.15, -0.1) is 10.2 Å². The normalized spacial score (nSPS) is 11.8. The zero-order valence-electron chi connectivity index (χ0n) is 8.12. The van der Waals surface area contributed by atoms with Crippen molar-refractivity contribution in [1.82, 2.24) is 10.2 Å². The van der Waals surface area contributed by atoms with Gasteiger partial charge in [0.05, 0.1) is 19.8 Å². The van der Waals surface area contributed by atoms with Crippen LogP contribution >= 0.6 is 11.3 Å². The first-order valence-electron chi connectivity index (χ1n) is 4.37. The Balaban J connectivity index is 2.30. The van der Waals surface area contributed by atoms with E-state index in [1.54, 1.807) is 0 Å². The molecule has 5 nitrogen and oxygen atoms in total. The lowest BCUT2D eigenvalue weighted by molar-refractivity contribution is -0.138. The number of anilines is 1. The van der Waals surface area contributed by atoms with Crippen molar-refractivity contribution in [1.29, 1.82) is 0 Å². The fourth-order valence-electron chi connectivity index (χ4n) is 0.806. The maximum atomic E-state index is 12.1. The summed E-state index contributed by atoms with van der Waals surface area (Å²) in [5.74, 6) is 0. The Kier molecular flexibility index (Phi) is 4.90. The highest BCUT2D eigenvalue weighted by Crippen LogP contribution is 2.32. The van der Waals surface area contributed by atoms with Gasteiger partial charge < -0.3 is 15.2 Å². The summed E-state index contributed by atoms with van der Waals surface area (Å²) in [7, 11) is 0. The van der Waals surface area contributed by atoms with Crippen LogP contribution in [0.5, 0.6) is 0 Å². The molecule has 0 aliphatic heterocycles. The molecule has 1 rings (SSSR count). The quantitative estimate of drug-likeness (QED) is 0.743. The fourth-order valence-corrected chi connectivity index (χ4v) is 1.44. The minimum atomic E-state index is -4.45. The van der Waals surface area contributed by atoms with Gasteiger partial charge >= 0.3 is 6.18 Å².